The SMILES string of the molecule is CC(C)(CO)CCOC(=O)CCCCC(=O)OCCC(C)(C)CO. The van der Waals surface area contributed by atoms with Crippen LogP contribution >= 0.6 is 0 Å². The minimum Gasteiger partial charge on any atom is -0.466 e. The molecule has 142 valence electrons. The van der Waals surface area contributed by atoms with Crippen LogP contribution in [-0.2, 0) is 19.1 Å². The van der Waals surface area contributed by atoms with Crippen molar-refractivity contribution >= 4 is 11.9 Å². The van der Waals surface area contributed by atoms with Gasteiger partial charge in [-0.3, -0.25) is 9.59 Å². The van der Waals surface area contributed by atoms with Crippen LogP contribution in [0.5, 0.6) is 0 Å². The first kappa shape index (κ1) is 22.9. The van der Waals surface area contributed by atoms with Crippen molar-refractivity contribution in [3.05, 3.63) is 0 Å². The van der Waals surface area contributed by atoms with Crippen LogP contribution < -0.4 is 0 Å². The van der Waals surface area contributed by atoms with Gasteiger partial charge in [-0.15, -0.1) is 0 Å². The van der Waals surface area contributed by atoms with Gasteiger partial charge in [0.05, 0.1) is 13.2 Å². The molecule has 0 aromatic heterocycles. The Morgan fingerprint density at radius 1 is 0.750 bits per heavy atom. The molecule has 0 amide bonds. The van der Waals surface area contributed by atoms with Gasteiger partial charge >= 0.3 is 11.9 Å². The fourth-order valence-electron chi connectivity index (χ4n) is 1.72. The third-order valence-electron chi connectivity index (χ3n) is 3.95. The lowest BCUT2D eigenvalue weighted by Crippen LogP contribution is -2.20. The van der Waals surface area contributed by atoms with Gasteiger partial charge in [0.2, 0.25) is 0 Å². The van der Waals surface area contributed by atoms with E-state index in [-0.39, 0.29) is 48.8 Å². The number of esters is 2. The summed E-state index contributed by atoms with van der Waals surface area (Å²) in [6.45, 7) is 8.36. The van der Waals surface area contributed by atoms with Crippen LogP contribution in [0.2, 0.25) is 0 Å². The lowest BCUT2D eigenvalue weighted by Gasteiger charge is -2.21. The molecule has 0 unspecified atom stereocenters. The first-order chi connectivity index (χ1) is 11.1. The van der Waals surface area contributed by atoms with E-state index in [9.17, 15) is 9.59 Å². The highest BCUT2D eigenvalue weighted by Gasteiger charge is 2.18. The van der Waals surface area contributed by atoms with Crippen molar-refractivity contribution in [1.82, 2.24) is 0 Å². The van der Waals surface area contributed by atoms with E-state index in [4.69, 9.17) is 19.7 Å². The van der Waals surface area contributed by atoms with Gasteiger partial charge in [0, 0.05) is 26.1 Å². The predicted molar refractivity (Wildman–Crippen MR) is 91.4 cm³/mol. The molecule has 0 aliphatic rings. The van der Waals surface area contributed by atoms with Crippen molar-refractivity contribution in [2.24, 2.45) is 10.8 Å². The molecular weight excluding hydrogens is 312 g/mol. The largest absolute Gasteiger partial charge is 0.466 e. The molecule has 6 heteroatoms. The number of aliphatic hydroxyl groups is 2. The second-order valence-corrected chi connectivity index (χ2v) is 7.79. The number of unbranched alkanes of at least 4 members (excludes halogenated alkanes) is 1. The molecule has 0 aromatic carbocycles. The fourth-order valence-corrected chi connectivity index (χ4v) is 1.72. The van der Waals surface area contributed by atoms with E-state index in [0.717, 1.165) is 0 Å². The topological polar surface area (TPSA) is 93.1 Å². The van der Waals surface area contributed by atoms with E-state index in [1.54, 1.807) is 0 Å². The van der Waals surface area contributed by atoms with Gasteiger partial charge < -0.3 is 19.7 Å². The Hall–Kier alpha value is -1.14. The molecule has 0 aliphatic carbocycles. The fraction of sp³-hybridized carbons (Fsp3) is 0.889. The van der Waals surface area contributed by atoms with Crippen LogP contribution in [0.1, 0.15) is 66.2 Å². The number of ether oxygens (including phenoxy) is 2. The van der Waals surface area contributed by atoms with Crippen LogP contribution in [0.3, 0.4) is 0 Å². The maximum Gasteiger partial charge on any atom is 0.305 e. The number of carbonyl (C=O) groups is 2. The smallest absolute Gasteiger partial charge is 0.305 e. The zero-order valence-electron chi connectivity index (χ0n) is 15.6. The zero-order chi connectivity index (χ0) is 18.6. The lowest BCUT2D eigenvalue weighted by atomic mass is 9.91. The molecule has 0 heterocycles. The third kappa shape index (κ3) is 12.3. The van der Waals surface area contributed by atoms with Gasteiger partial charge in [0.15, 0.2) is 0 Å². The Labute approximate surface area is 145 Å². The van der Waals surface area contributed by atoms with Gasteiger partial charge in [0.25, 0.3) is 0 Å². The van der Waals surface area contributed by atoms with Gasteiger partial charge in [0.1, 0.15) is 0 Å². The van der Waals surface area contributed by atoms with Crippen molar-refractivity contribution in [3.63, 3.8) is 0 Å². The van der Waals surface area contributed by atoms with E-state index in [0.29, 0.717) is 38.9 Å². The monoisotopic (exact) mass is 346 g/mol. The number of hydrogen-bond donors (Lipinski definition) is 2. The van der Waals surface area contributed by atoms with Gasteiger partial charge in [-0.05, 0) is 36.5 Å². The molecule has 0 aliphatic heterocycles. The molecular formula is C18H34O6. The Balaban J connectivity index is 3.64. The molecule has 6 nitrogen and oxygen atoms in total. The molecule has 0 saturated heterocycles. The first-order valence-corrected chi connectivity index (χ1v) is 8.65. The van der Waals surface area contributed by atoms with E-state index in [2.05, 4.69) is 0 Å². The summed E-state index contributed by atoms with van der Waals surface area (Å²) in [5.41, 5.74) is -0.483. The van der Waals surface area contributed by atoms with Crippen LogP contribution in [0.15, 0.2) is 0 Å². The molecule has 2 N–H and O–H groups in total. The van der Waals surface area contributed by atoms with Crippen molar-refractivity contribution in [1.29, 1.82) is 0 Å². The molecule has 0 spiro atoms. The van der Waals surface area contributed by atoms with Gasteiger partial charge in [-0.2, -0.15) is 0 Å². The second kappa shape index (κ2) is 11.4. The van der Waals surface area contributed by atoms with E-state index < -0.39 is 0 Å². The average Bonchev–Trinajstić information content (AvgIpc) is 2.51. The van der Waals surface area contributed by atoms with Crippen LogP contribution in [-0.4, -0.2) is 48.6 Å². The summed E-state index contributed by atoms with van der Waals surface area (Å²) in [4.78, 5) is 23.1. The Kier molecular flexibility index (Phi) is 10.9. The van der Waals surface area contributed by atoms with Crippen molar-refractivity contribution in [2.45, 2.75) is 66.2 Å². The number of carbonyl (C=O) groups excluding carboxylic acids is 2. The Morgan fingerprint density at radius 2 is 1.08 bits per heavy atom. The molecule has 0 radical (unpaired) electrons. The molecule has 24 heavy (non-hydrogen) atoms. The highest BCUT2D eigenvalue weighted by Crippen LogP contribution is 2.19. The highest BCUT2D eigenvalue weighted by molar-refractivity contribution is 5.70. The quantitative estimate of drug-likeness (QED) is 0.393. The van der Waals surface area contributed by atoms with Crippen molar-refractivity contribution in [2.75, 3.05) is 26.4 Å². The second-order valence-electron chi connectivity index (χ2n) is 7.79. The molecule has 0 rings (SSSR count). The molecule has 0 bridgehead atoms. The van der Waals surface area contributed by atoms with Crippen LogP contribution in [0.4, 0.5) is 0 Å². The summed E-state index contributed by atoms with van der Waals surface area (Å²) in [7, 11) is 0. The Bertz CT molecular complexity index is 340. The number of rotatable bonds is 13. The van der Waals surface area contributed by atoms with E-state index >= 15 is 0 Å². The molecule has 0 atom stereocenters. The summed E-state index contributed by atoms with van der Waals surface area (Å²) >= 11 is 0. The van der Waals surface area contributed by atoms with Gasteiger partial charge in [-0.25, -0.2) is 0 Å². The number of aliphatic hydroxyl groups excluding tert-OH is 2. The van der Waals surface area contributed by atoms with Crippen LogP contribution in [0.25, 0.3) is 0 Å². The first-order valence-electron chi connectivity index (χ1n) is 8.65. The average molecular weight is 346 g/mol. The van der Waals surface area contributed by atoms with E-state index in [1.165, 1.54) is 0 Å². The Morgan fingerprint density at radius 3 is 1.38 bits per heavy atom. The maximum absolute atomic E-state index is 11.6. The molecule has 0 fully saturated rings. The summed E-state index contributed by atoms with van der Waals surface area (Å²) in [6.07, 6.45) is 2.96. The number of hydrogen-bond acceptors (Lipinski definition) is 6. The maximum atomic E-state index is 11.6. The third-order valence-corrected chi connectivity index (χ3v) is 3.95. The normalized spacial score (nSPS) is 12.1. The highest BCUT2D eigenvalue weighted by atomic mass is 16.5. The minimum absolute atomic E-state index is 0.0577. The predicted octanol–water partition coefficient (Wildman–Crippen LogP) is 2.45. The zero-order valence-corrected chi connectivity index (χ0v) is 15.6. The summed E-state index contributed by atoms with van der Waals surface area (Å²) in [5.74, 6) is -0.552. The summed E-state index contributed by atoms with van der Waals surface area (Å²) < 4.78 is 10.2. The van der Waals surface area contributed by atoms with Gasteiger partial charge in [-0.1, -0.05) is 27.7 Å². The lowest BCUT2D eigenvalue weighted by molar-refractivity contribution is -0.146. The summed E-state index contributed by atoms with van der Waals surface area (Å²) in [5, 5.41) is 18.2. The van der Waals surface area contributed by atoms with Crippen molar-refractivity contribution in [3.8, 4) is 0 Å². The van der Waals surface area contributed by atoms with Crippen LogP contribution in [0, 0.1) is 10.8 Å². The molecule has 0 aromatic rings. The summed E-state index contributed by atoms with van der Waals surface area (Å²) in [6, 6.07) is 0. The van der Waals surface area contributed by atoms with Crippen molar-refractivity contribution < 1.29 is 29.3 Å². The van der Waals surface area contributed by atoms with E-state index in [1.807, 2.05) is 27.7 Å². The minimum atomic E-state index is -0.276. The standard InChI is InChI=1S/C18H34O6/c1-17(2,13-19)9-11-23-15(21)7-5-6-8-16(22)24-12-10-18(3,4)14-20/h19-20H,5-14H2,1-4H3. The molecule has 0 saturated carbocycles.